The van der Waals surface area contributed by atoms with Crippen LogP contribution in [0.5, 0.6) is 0 Å². The molecule has 0 radical (unpaired) electrons. The highest BCUT2D eigenvalue weighted by Crippen LogP contribution is 2.30. The van der Waals surface area contributed by atoms with Crippen molar-refractivity contribution >= 4 is 16.7 Å². The Balaban J connectivity index is 1.66. The Morgan fingerprint density at radius 1 is 1.10 bits per heavy atom. The van der Waals surface area contributed by atoms with Crippen molar-refractivity contribution in [2.24, 2.45) is 0 Å². The van der Waals surface area contributed by atoms with Crippen molar-refractivity contribution in [3.63, 3.8) is 0 Å². The van der Waals surface area contributed by atoms with Crippen LogP contribution in [0.25, 0.3) is 10.8 Å². The lowest BCUT2D eigenvalue weighted by molar-refractivity contribution is -0.134. The van der Waals surface area contributed by atoms with Gasteiger partial charge in [-0.25, -0.2) is 9.07 Å². The first kappa shape index (κ1) is 19.3. The monoisotopic (exact) mass is 393 g/mol. The lowest BCUT2D eigenvalue weighted by atomic mass is 10.0. The molecule has 1 fully saturated rings. The van der Waals surface area contributed by atoms with Crippen molar-refractivity contribution in [1.82, 2.24) is 14.7 Å². The van der Waals surface area contributed by atoms with Crippen molar-refractivity contribution in [3.8, 4) is 0 Å². The third kappa shape index (κ3) is 3.92. The van der Waals surface area contributed by atoms with Crippen LogP contribution >= 0.6 is 0 Å². The summed E-state index contributed by atoms with van der Waals surface area (Å²) < 4.78 is 15.0. The summed E-state index contributed by atoms with van der Waals surface area (Å²) in [5, 5.41) is 5.73. The van der Waals surface area contributed by atoms with E-state index in [1.165, 1.54) is 16.8 Å². The lowest BCUT2D eigenvalue weighted by Crippen LogP contribution is -2.40. The average molecular weight is 393 g/mol. The standard InChI is InChI=1S/C23H24FN3O2/c1-16-19-10-4-5-11-20(19)23(29)27(25-16)15-22(28)26-13-6-2-3-12-21(26)17-8-7-9-18(24)14-17/h4-5,7-11,14,21H,2-3,6,12-13,15H2,1H3/t21-/m0/s1. The molecule has 0 bridgehead atoms. The zero-order valence-electron chi connectivity index (χ0n) is 16.5. The van der Waals surface area contributed by atoms with Crippen LogP contribution in [0, 0.1) is 12.7 Å². The minimum absolute atomic E-state index is 0.115. The van der Waals surface area contributed by atoms with Crippen molar-refractivity contribution in [2.75, 3.05) is 6.54 Å². The van der Waals surface area contributed by atoms with Gasteiger partial charge in [0.15, 0.2) is 0 Å². The van der Waals surface area contributed by atoms with Gasteiger partial charge in [0.1, 0.15) is 12.4 Å². The Kier molecular flexibility index (Phi) is 5.43. The van der Waals surface area contributed by atoms with Crippen molar-refractivity contribution < 1.29 is 9.18 Å². The number of aromatic nitrogens is 2. The van der Waals surface area contributed by atoms with E-state index in [0.29, 0.717) is 17.6 Å². The normalized spacial score (nSPS) is 17.3. The number of benzene rings is 2. The van der Waals surface area contributed by atoms with Crippen LogP contribution in [-0.4, -0.2) is 27.1 Å². The number of fused-ring (bicyclic) bond motifs is 1. The zero-order valence-corrected chi connectivity index (χ0v) is 16.5. The topological polar surface area (TPSA) is 55.2 Å². The maximum Gasteiger partial charge on any atom is 0.275 e. The summed E-state index contributed by atoms with van der Waals surface area (Å²) in [6.07, 6.45) is 3.70. The molecule has 3 aromatic rings. The van der Waals surface area contributed by atoms with Crippen LogP contribution in [0.4, 0.5) is 4.39 Å². The minimum atomic E-state index is -0.304. The number of halogens is 1. The second-order valence-electron chi connectivity index (χ2n) is 7.60. The van der Waals surface area contributed by atoms with E-state index in [1.807, 2.05) is 31.2 Å². The Morgan fingerprint density at radius 3 is 2.69 bits per heavy atom. The third-order valence-corrected chi connectivity index (χ3v) is 5.64. The number of hydrogen-bond acceptors (Lipinski definition) is 3. The van der Waals surface area contributed by atoms with E-state index >= 15 is 0 Å². The number of nitrogens with zero attached hydrogens (tertiary/aromatic N) is 3. The van der Waals surface area contributed by atoms with Gasteiger partial charge in [0.05, 0.1) is 17.1 Å². The van der Waals surface area contributed by atoms with Crippen LogP contribution in [0.15, 0.2) is 53.3 Å². The van der Waals surface area contributed by atoms with E-state index in [0.717, 1.165) is 36.6 Å². The molecule has 1 atom stereocenters. The first-order chi connectivity index (χ1) is 14.0. The zero-order chi connectivity index (χ0) is 20.4. The van der Waals surface area contributed by atoms with Gasteiger partial charge in [-0.05, 0) is 43.5 Å². The Bertz CT molecular complexity index is 1110. The quantitative estimate of drug-likeness (QED) is 0.676. The molecule has 1 aliphatic rings. The molecule has 0 unspecified atom stereocenters. The van der Waals surface area contributed by atoms with E-state index in [4.69, 9.17) is 0 Å². The molecule has 0 N–H and O–H groups in total. The summed E-state index contributed by atoms with van der Waals surface area (Å²) in [6, 6.07) is 13.6. The van der Waals surface area contributed by atoms with Crippen molar-refractivity contribution in [3.05, 3.63) is 76.0 Å². The molecule has 1 aliphatic heterocycles. The first-order valence-electron chi connectivity index (χ1n) is 10.1. The van der Waals surface area contributed by atoms with Crippen LogP contribution < -0.4 is 5.56 Å². The molecule has 0 saturated carbocycles. The second-order valence-corrected chi connectivity index (χ2v) is 7.60. The largest absolute Gasteiger partial charge is 0.334 e. The Morgan fingerprint density at radius 2 is 1.90 bits per heavy atom. The van der Waals surface area contributed by atoms with E-state index in [9.17, 15) is 14.0 Å². The van der Waals surface area contributed by atoms with Gasteiger partial charge in [-0.2, -0.15) is 5.10 Å². The van der Waals surface area contributed by atoms with Crippen molar-refractivity contribution in [1.29, 1.82) is 0 Å². The average Bonchev–Trinajstić information content (AvgIpc) is 2.98. The van der Waals surface area contributed by atoms with E-state index in [-0.39, 0.29) is 29.9 Å². The Hall–Kier alpha value is -3.02. The summed E-state index contributed by atoms with van der Waals surface area (Å²) in [5.41, 5.74) is 1.25. The molecule has 2 heterocycles. The van der Waals surface area contributed by atoms with E-state index in [1.54, 1.807) is 17.0 Å². The molecule has 6 heteroatoms. The Labute approximate surface area is 168 Å². The summed E-state index contributed by atoms with van der Waals surface area (Å²) in [5.74, 6) is -0.465. The number of hydrogen-bond donors (Lipinski definition) is 0. The molecule has 0 aliphatic carbocycles. The van der Waals surface area contributed by atoms with Crippen LogP contribution in [0.2, 0.25) is 0 Å². The molecular formula is C23H24FN3O2. The minimum Gasteiger partial charge on any atom is -0.334 e. The number of carbonyl (C=O) groups excluding carboxylic acids is 1. The molecule has 4 rings (SSSR count). The summed E-state index contributed by atoms with van der Waals surface area (Å²) in [6.45, 7) is 2.32. The molecule has 1 aromatic heterocycles. The number of carbonyl (C=O) groups is 1. The van der Waals surface area contributed by atoms with Crippen LogP contribution in [0.3, 0.4) is 0 Å². The summed E-state index contributed by atoms with van der Waals surface area (Å²) in [4.78, 5) is 27.9. The number of amides is 1. The fourth-order valence-corrected chi connectivity index (χ4v) is 4.20. The molecule has 1 saturated heterocycles. The number of rotatable bonds is 3. The van der Waals surface area contributed by atoms with E-state index < -0.39 is 0 Å². The highest BCUT2D eigenvalue weighted by molar-refractivity contribution is 5.83. The molecule has 5 nitrogen and oxygen atoms in total. The van der Waals surface area contributed by atoms with Gasteiger partial charge in [-0.3, -0.25) is 9.59 Å². The molecule has 2 aromatic carbocycles. The van der Waals surface area contributed by atoms with Crippen LogP contribution in [-0.2, 0) is 11.3 Å². The molecule has 0 spiro atoms. The summed E-state index contributed by atoms with van der Waals surface area (Å²) in [7, 11) is 0. The predicted molar refractivity (Wildman–Crippen MR) is 110 cm³/mol. The van der Waals surface area contributed by atoms with Gasteiger partial charge >= 0.3 is 0 Å². The highest BCUT2D eigenvalue weighted by atomic mass is 19.1. The van der Waals surface area contributed by atoms with Gasteiger partial charge in [0, 0.05) is 11.9 Å². The number of likely N-dealkylation sites (tertiary alicyclic amines) is 1. The lowest BCUT2D eigenvalue weighted by Gasteiger charge is -2.30. The van der Waals surface area contributed by atoms with Crippen molar-refractivity contribution in [2.45, 2.75) is 45.2 Å². The molecule has 150 valence electrons. The molecular weight excluding hydrogens is 369 g/mol. The van der Waals surface area contributed by atoms with E-state index in [2.05, 4.69) is 5.10 Å². The smallest absolute Gasteiger partial charge is 0.275 e. The van der Waals surface area contributed by atoms with Crippen LogP contribution in [0.1, 0.15) is 43.0 Å². The van der Waals surface area contributed by atoms with Gasteiger partial charge in [-0.1, -0.05) is 43.2 Å². The molecule has 1 amide bonds. The van der Waals surface area contributed by atoms with Gasteiger partial charge in [0.25, 0.3) is 5.56 Å². The van der Waals surface area contributed by atoms with Gasteiger partial charge in [0.2, 0.25) is 5.91 Å². The molecule has 29 heavy (non-hydrogen) atoms. The maximum atomic E-state index is 13.8. The van der Waals surface area contributed by atoms with Gasteiger partial charge in [-0.15, -0.1) is 0 Å². The second kappa shape index (κ2) is 8.15. The van der Waals surface area contributed by atoms with Gasteiger partial charge < -0.3 is 4.90 Å². The fraction of sp³-hybridized carbons (Fsp3) is 0.348. The maximum absolute atomic E-state index is 13.8. The fourth-order valence-electron chi connectivity index (χ4n) is 4.20. The predicted octanol–water partition coefficient (Wildman–Crippen LogP) is 3.99. The SMILES string of the molecule is Cc1nn(CC(=O)N2CCCCC[C@H]2c2cccc(F)c2)c(=O)c2ccccc12. The highest BCUT2D eigenvalue weighted by Gasteiger charge is 2.27. The number of aryl methyl sites for hydroxylation is 1. The third-order valence-electron chi connectivity index (χ3n) is 5.64. The first-order valence-corrected chi connectivity index (χ1v) is 10.1. The summed E-state index contributed by atoms with van der Waals surface area (Å²) >= 11 is 0.